The number of anilines is 1. The fraction of sp³-hybridized carbons (Fsp3) is 0.533. The molecule has 1 aromatic carbocycles. The Bertz CT molecular complexity index is 427. The molecule has 20 heavy (non-hydrogen) atoms. The molecule has 0 amide bonds. The molecule has 3 nitrogen and oxygen atoms in total. The summed E-state index contributed by atoms with van der Waals surface area (Å²) in [5.74, 6) is 0. The second-order valence-electron chi connectivity index (χ2n) is 5.29. The van der Waals surface area contributed by atoms with Gasteiger partial charge in [0.05, 0.1) is 5.69 Å². The Morgan fingerprint density at radius 2 is 1.80 bits per heavy atom. The summed E-state index contributed by atoms with van der Waals surface area (Å²) in [6, 6.07) is 9.22. The van der Waals surface area contributed by atoms with Crippen LogP contribution in [0.4, 0.5) is 5.69 Å². The molecule has 1 rings (SSSR count). The van der Waals surface area contributed by atoms with E-state index in [1.165, 1.54) is 3.57 Å². The van der Waals surface area contributed by atoms with Crippen LogP contribution in [0.25, 0.3) is 0 Å². The van der Waals surface area contributed by atoms with Crippen LogP contribution < -0.4 is 10.6 Å². The number of halogens is 1. The molecule has 2 N–H and O–H groups in total. The average Bonchev–Trinajstić information content (AvgIpc) is 2.36. The Hall–Kier alpha value is -0.400. The standard InChI is InChI=1S/C15H24IN3S/c1-11(2)19(12(3)4)10-9-17-15(20)18-14-8-6-5-7-13(14)16/h5-8,11-12H,9-10H2,1-4H3,(H2,17,18,20). The maximum Gasteiger partial charge on any atom is 0.170 e. The third kappa shape index (κ3) is 5.93. The zero-order chi connectivity index (χ0) is 15.1. The maximum atomic E-state index is 5.33. The number of benzene rings is 1. The predicted octanol–water partition coefficient (Wildman–Crippen LogP) is 3.70. The first-order valence-corrected chi connectivity index (χ1v) is 8.45. The monoisotopic (exact) mass is 405 g/mol. The molecule has 1 aromatic rings. The number of rotatable bonds is 6. The molecule has 0 spiro atoms. The van der Waals surface area contributed by atoms with Gasteiger partial charge in [0.25, 0.3) is 0 Å². The van der Waals surface area contributed by atoms with Gasteiger partial charge in [0.1, 0.15) is 0 Å². The van der Waals surface area contributed by atoms with Crippen molar-refractivity contribution < 1.29 is 0 Å². The smallest absolute Gasteiger partial charge is 0.170 e. The first-order chi connectivity index (χ1) is 9.41. The highest BCUT2D eigenvalue weighted by molar-refractivity contribution is 14.1. The Balaban J connectivity index is 2.39. The molecule has 0 aromatic heterocycles. The van der Waals surface area contributed by atoms with E-state index in [0.717, 1.165) is 18.8 Å². The van der Waals surface area contributed by atoms with Gasteiger partial charge in [0, 0.05) is 28.7 Å². The summed E-state index contributed by atoms with van der Waals surface area (Å²) in [6.45, 7) is 10.7. The normalized spacial score (nSPS) is 11.2. The van der Waals surface area contributed by atoms with E-state index in [-0.39, 0.29) is 0 Å². The molecule has 0 radical (unpaired) electrons. The van der Waals surface area contributed by atoms with E-state index in [2.05, 4.69) is 71.9 Å². The van der Waals surface area contributed by atoms with E-state index < -0.39 is 0 Å². The zero-order valence-electron chi connectivity index (χ0n) is 12.6. The van der Waals surface area contributed by atoms with Crippen LogP contribution >= 0.6 is 34.8 Å². The van der Waals surface area contributed by atoms with Crippen LogP contribution in [0.5, 0.6) is 0 Å². The van der Waals surface area contributed by atoms with Gasteiger partial charge in [-0.3, -0.25) is 4.90 Å². The molecule has 112 valence electrons. The summed E-state index contributed by atoms with van der Waals surface area (Å²) in [7, 11) is 0. The van der Waals surface area contributed by atoms with Crippen molar-refractivity contribution in [3.05, 3.63) is 27.8 Å². The summed E-state index contributed by atoms with van der Waals surface area (Å²) in [5.41, 5.74) is 1.05. The number of nitrogens with zero attached hydrogens (tertiary/aromatic N) is 1. The summed E-state index contributed by atoms with van der Waals surface area (Å²) < 4.78 is 1.17. The topological polar surface area (TPSA) is 27.3 Å². The molecule has 0 unspecified atom stereocenters. The fourth-order valence-electron chi connectivity index (χ4n) is 2.14. The molecule has 0 atom stereocenters. The first kappa shape index (κ1) is 17.7. The van der Waals surface area contributed by atoms with Gasteiger partial charge in [0.2, 0.25) is 0 Å². The summed E-state index contributed by atoms with van der Waals surface area (Å²) in [5, 5.41) is 7.19. The average molecular weight is 405 g/mol. The lowest BCUT2D eigenvalue weighted by Crippen LogP contribution is -2.43. The fourth-order valence-corrected chi connectivity index (χ4v) is 2.87. The van der Waals surface area contributed by atoms with Gasteiger partial charge < -0.3 is 10.6 Å². The van der Waals surface area contributed by atoms with E-state index in [0.29, 0.717) is 17.2 Å². The summed E-state index contributed by atoms with van der Waals surface area (Å²) >= 11 is 7.64. The first-order valence-electron chi connectivity index (χ1n) is 6.97. The number of thiocarbonyl (C=S) groups is 1. The van der Waals surface area contributed by atoms with Crippen LogP contribution in [0.2, 0.25) is 0 Å². The summed E-state index contributed by atoms with van der Waals surface area (Å²) in [4.78, 5) is 2.45. The number of hydrogen-bond acceptors (Lipinski definition) is 2. The maximum absolute atomic E-state index is 5.33. The van der Waals surface area contributed by atoms with Gasteiger partial charge in [0.15, 0.2) is 5.11 Å². The van der Waals surface area contributed by atoms with E-state index in [1.54, 1.807) is 0 Å². The molecule has 5 heteroatoms. The quantitative estimate of drug-likeness (QED) is 0.558. The van der Waals surface area contributed by atoms with Crippen LogP contribution in [-0.2, 0) is 0 Å². The highest BCUT2D eigenvalue weighted by Crippen LogP contribution is 2.16. The second kappa shape index (κ2) is 8.79. The third-order valence-corrected chi connectivity index (χ3v) is 4.29. The van der Waals surface area contributed by atoms with Gasteiger partial charge in [-0.1, -0.05) is 12.1 Å². The molecular weight excluding hydrogens is 381 g/mol. The Kier molecular flexibility index (Phi) is 7.76. The minimum absolute atomic E-state index is 0.549. The van der Waals surface area contributed by atoms with Gasteiger partial charge >= 0.3 is 0 Å². The van der Waals surface area contributed by atoms with E-state index in [1.807, 2.05) is 18.2 Å². The van der Waals surface area contributed by atoms with E-state index in [4.69, 9.17) is 12.2 Å². The Labute approximate surface area is 141 Å². The minimum atomic E-state index is 0.549. The third-order valence-electron chi connectivity index (χ3n) is 3.10. The Morgan fingerprint density at radius 1 is 1.20 bits per heavy atom. The van der Waals surface area contributed by atoms with Gasteiger partial charge in [-0.15, -0.1) is 0 Å². The van der Waals surface area contributed by atoms with Crippen LogP contribution in [0, 0.1) is 3.57 Å². The SMILES string of the molecule is CC(C)N(CCNC(=S)Nc1ccccc1I)C(C)C. The van der Waals surface area contributed by atoms with Gasteiger partial charge in [-0.2, -0.15) is 0 Å². The number of hydrogen-bond donors (Lipinski definition) is 2. The van der Waals surface area contributed by atoms with E-state index in [9.17, 15) is 0 Å². The van der Waals surface area contributed by atoms with Crippen molar-refractivity contribution in [2.75, 3.05) is 18.4 Å². The van der Waals surface area contributed by atoms with Crippen LogP contribution in [0.15, 0.2) is 24.3 Å². The lowest BCUT2D eigenvalue weighted by molar-refractivity contribution is 0.178. The molecule has 0 saturated carbocycles. The lowest BCUT2D eigenvalue weighted by atomic mass is 10.2. The van der Waals surface area contributed by atoms with Crippen molar-refractivity contribution in [3.63, 3.8) is 0 Å². The number of nitrogens with one attached hydrogen (secondary N) is 2. The molecule has 0 fully saturated rings. The van der Waals surface area contributed by atoms with Crippen LogP contribution in [-0.4, -0.2) is 35.2 Å². The number of para-hydroxylation sites is 1. The zero-order valence-corrected chi connectivity index (χ0v) is 15.6. The predicted molar refractivity (Wildman–Crippen MR) is 100 cm³/mol. The van der Waals surface area contributed by atoms with Crippen LogP contribution in [0.3, 0.4) is 0 Å². The molecule has 0 heterocycles. The molecule has 0 aliphatic carbocycles. The van der Waals surface area contributed by atoms with Crippen molar-refractivity contribution >= 4 is 45.6 Å². The molecular formula is C15H24IN3S. The summed E-state index contributed by atoms with van der Waals surface area (Å²) in [6.07, 6.45) is 0. The highest BCUT2D eigenvalue weighted by atomic mass is 127. The van der Waals surface area contributed by atoms with Crippen molar-refractivity contribution in [2.45, 2.75) is 39.8 Å². The molecule has 0 aliphatic heterocycles. The largest absolute Gasteiger partial charge is 0.361 e. The van der Waals surface area contributed by atoms with Crippen molar-refractivity contribution in [2.24, 2.45) is 0 Å². The molecule has 0 bridgehead atoms. The van der Waals surface area contributed by atoms with Crippen molar-refractivity contribution in [1.29, 1.82) is 0 Å². The Morgan fingerprint density at radius 3 is 2.35 bits per heavy atom. The van der Waals surface area contributed by atoms with Crippen LogP contribution in [0.1, 0.15) is 27.7 Å². The van der Waals surface area contributed by atoms with Gasteiger partial charge in [-0.05, 0) is 74.6 Å². The van der Waals surface area contributed by atoms with Crippen molar-refractivity contribution in [3.8, 4) is 0 Å². The lowest BCUT2D eigenvalue weighted by Gasteiger charge is -2.30. The second-order valence-corrected chi connectivity index (χ2v) is 6.86. The molecule has 0 saturated heterocycles. The molecule has 0 aliphatic rings. The van der Waals surface area contributed by atoms with E-state index >= 15 is 0 Å². The highest BCUT2D eigenvalue weighted by Gasteiger charge is 2.12. The minimum Gasteiger partial charge on any atom is -0.361 e. The van der Waals surface area contributed by atoms with Crippen molar-refractivity contribution in [1.82, 2.24) is 10.2 Å². The van der Waals surface area contributed by atoms with Gasteiger partial charge in [-0.25, -0.2) is 0 Å².